The summed E-state index contributed by atoms with van der Waals surface area (Å²) in [7, 11) is 1.64. The summed E-state index contributed by atoms with van der Waals surface area (Å²) in [6.45, 7) is 5.98. The summed E-state index contributed by atoms with van der Waals surface area (Å²) in [6.07, 6.45) is 2.34. The van der Waals surface area contributed by atoms with E-state index in [1.54, 1.807) is 18.9 Å². The maximum atomic E-state index is 6.00. The van der Waals surface area contributed by atoms with Crippen LogP contribution in [-0.4, -0.2) is 37.5 Å². The molecule has 4 atom stereocenters. The number of thioether (sulfide) groups is 1. The normalized spacial score (nSPS) is 33.0. The van der Waals surface area contributed by atoms with Crippen molar-refractivity contribution in [2.45, 2.75) is 62.5 Å². The minimum Gasteiger partial charge on any atom is -0.353 e. The standard InChI is InChI=1S/C18H24O4S/c1-12(23-13-8-6-5-7-9-13)10-11-14-15-16(17(19-4)20-14)22-18(2,3)21-15/h5-10,14-17H,11H2,1-4H3/b12-10+/t14-,15-,16-,17-/m1/s1. The topological polar surface area (TPSA) is 36.9 Å². The predicted octanol–water partition coefficient (Wildman–Crippen LogP) is 3.96. The van der Waals surface area contributed by atoms with E-state index in [0.717, 1.165) is 6.42 Å². The Balaban J connectivity index is 1.62. The van der Waals surface area contributed by atoms with E-state index in [-0.39, 0.29) is 24.6 Å². The van der Waals surface area contributed by atoms with E-state index < -0.39 is 5.79 Å². The fourth-order valence-electron chi connectivity index (χ4n) is 3.02. The van der Waals surface area contributed by atoms with Gasteiger partial charge in [-0.15, -0.1) is 0 Å². The third-order valence-corrected chi connectivity index (χ3v) is 5.00. The number of ether oxygens (including phenoxy) is 4. The number of rotatable bonds is 5. The second kappa shape index (κ2) is 6.95. The zero-order valence-electron chi connectivity index (χ0n) is 14.0. The Morgan fingerprint density at radius 2 is 1.91 bits per heavy atom. The van der Waals surface area contributed by atoms with Crippen LogP contribution in [0.25, 0.3) is 0 Å². The summed E-state index contributed by atoms with van der Waals surface area (Å²) in [5, 5.41) is 0. The molecule has 0 spiro atoms. The van der Waals surface area contributed by atoms with Gasteiger partial charge in [0, 0.05) is 12.0 Å². The Morgan fingerprint density at radius 3 is 2.61 bits per heavy atom. The van der Waals surface area contributed by atoms with Crippen LogP contribution >= 0.6 is 11.8 Å². The molecule has 126 valence electrons. The molecule has 0 bridgehead atoms. The van der Waals surface area contributed by atoms with Gasteiger partial charge in [0.05, 0.1) is 6.10 Å². The summed E-state index contributed by atoms with van der Waals surface area (Å²) < 4.78 is 23.3. The van der Waals surface area contributed by atoms with Crippen LogP contribution in [0.4, 0.5) is 0 Å². The molecule has 23 heavy (non-hydrogen) atoms. The molecule has 0 unspecified atom stereocenters. The SMILES string of the molecule is CO[C@@H]1O[C@H](C/C=C(\C)Sc2ccccc2)[C@H]2OC(C)(C)O[C@@H]12. The highest BCUT2D eigenvalue weighted by molar-refractivity contribution is 8.03. The summed E-state index contributed by atoms with van der Waals surface area (Å²) in [5.74, 6) is -0.578. The van der Waals surface area contributed by atoms with Crippen LogP contribution in [-0.2, 0) is 18.9 Å². The van der Waals surface area contributed by atoms with Crippen molar-refractivity contribution in [2.75, 3.05) is 7.11 Å². The summed E-state index contributed by atoms with van der Waals surface area (Å²) in [6, 6.07) is 10.4. The third-order valence-electron chi connectivity index (χ3n) is 4.00. The second-order valence-corrected chi connectivity index (χ2v) is 7.63. The molecule has 2 aliphatic rings. The third kappa shape index (κ3) is 3.98. The number of fused-ring (bicyclic) bond motifs is 1. The lowest BCUT2D eigenvalue weighted by atomic mass is 10.1. The van der Waals surface area contributed by atoms with E-state index in [1.165, 1.54) is 9.80 Å². The molecule has 2 aliphatic heterocycles. The monoisotopic (exact) mass is 336 g/mol. The van der Waals surface area contributed by atoms with Crippen molar-refractivity contribution in [1.82, 2.24) is 0 Å². The minimum atomic E-state index is -0.578. The fourth-order valence-corrected chi connectivity index (χ4v) is 3.86. The predicted molar refractivity (Wildman–Crippen MR) is 90.2 cm³/mol. The molecule has 2 saturated heterocycles. The van der Waals surface area contributed by atoms with Gasteiger partial charge < -0.3 is 18.9 Å². The molecule has 0 N–H and O–H groups in total. The van der Waals surface area contributed by atoms with Crippen LogP contribution in [0.5, 0.6) is 0 Å². The van der Waals surface area contributed by atoms with E-state index in [9.17, 15) is 0 Å². The Labute approximate surface area is 142 Å². The minimum absolute atomic E-state index is 0.0435. The summed E-state index contributed by atoms with van der Waals surface area (Å²) in [4.78, 5) is 2.48. The Hall–Kier alpha value is -0.850. The molecule has 3 rings (SSSR count). The second-order valence-electron chi connectivity index (χ2n) is 6.31. The largest absolute Gasteiger partial charge is 0.353 e. The smallest absolute Gasteiger partial charge is 0.186 e. The maximum absolute atomic E-state index is 6.00. The van der Waals surface area contributed by atoms with Crippen LogP contribution in [0, 0.1) is 0 Å². The number of hydrogen-bond acceptors (Lipinski definition) is 5. The van der Waals surface area contributed by atoms with Crippen LogP contribution in [0.15, 0.2) is 46.2 Å². The molecule has 2 heterocycles. The first-order valence-electron chi connectivity index (χ1n) is 7.92. The van der Waals surface area contributed by atoms with Crippen molar-refractivity contribution in [1.29, 1.82) is 0 Å². The zero-order valence-corrected chi connectivity index (χ0v) is 14.8. The molecule has 0 aromatic heterocycles. The molecule has 0 aliphatic carbocycles. The summed E-state index contributed by atoms with van der Waals surface area (Å²) in [5.41, 5.74) is 0. The first-order valence-corrected chi connectivity index (χ1v) is 8.74. The summed E-state index contributed by atoms with van der Waals surface area (Å²) >= 11 is 1.76. The zero-order chi connectivity index (χ0) is 16.4. The fraction of sp³-hybridized carbons (Fsp3) is 0.556. The van der Waals surface area contributed by atoms with Gasteiger partial charge in [-0.3, -0.25) is 0 Å². The molecule has 2 fully saturated rings. The first kappa shape index (κ1) is 17.0. The van der Waals surface area contributed by atoms with Gasteiger partial charge in [0.25, 0.3) is 0 Å². The van der Waals surface area contributed by atoms with Gasteiger partial charge in [-0.2, -0.15) is 0 Å². The Bertz CT molecular complexity index is 557. The van der Waals surface area contributed by atoms with E-state index in [1.807, 2.05) is 19.9 Å². The lowest BCUT2D eigenvalue weighted by Crippen LogP contribution is -2.30. The van der Waals surface area contributed by atoms with Crippen molar-refractivity contribution in [2.24, 2.45) is 0 Å². The van der Waals surface area contributed by atoms with Crippen molar-refractivity contribution >= 4 is 11.8 Å². The molecule has 1 aromatic rings. The van der Waals surface area contributed by atoms with E-state index in [0.29, 0.717) is 0 Å². The lowest BCUT2D eigenvalue weighted by Gasteiger charge is -2.23. The van der Waals surface area contributed by atoms with Gasteiger partial charge in [-0.05, 0) is 44.2 Å². The highest BCUT2D eigenvalue weighted by atomic mass is 32.2. The van der Waals surface area contributed by atoms with E-state index >= 15 is 0 Å². The van der Waals surface area contributed by atoms with Crippen molar-refractivity contribution in [3.05, 3.63) is 41.3 Å². The lowest BCUT2D eigenvalue weighted by molar-refractivity contribution is -0.226. The molecule has 1 aromatic carbocycles. The maximum Gasteiger partial charge on any atom is 0.186 e. The van der Waals surface area contributed by atoms with Crippen molar-refractivity contribution in [3.8, 4) is 0 Å². The van der Waals surface area contributed by atoms with Crippen molar-refractivity contribution in [3.63, 3.8) is 0 Å². The van der Waals surface area contributed by atoms with Crippen LogP contribution in [0.2, 0.25) is 0 Å². The molecule has 4 nitrogen and oxygen atoms in total. The van der Waals surface area contributed by atoms with Gasteiger partial charge >= 0.3 is 0 Å². The number of hydrogen-bond donors (Lipinski definition) is 0. The van der Waals surface area contributed by atoms with Gasteiger partial charge in [0.2, 0.25) is 0 Å². The molecule has 0 radical (unpaired) electrons. The molecule has 5 heteroatoms. The first-order chi connectivity index (χ1) is 11.0. The quantitative estimate of drug-likeness (QED) is 0.761. The molecule has 0 amide bonds. The van der Waals surface area contributed by atoms with Crippen LogP contribution in [0.1, 0.15) is 27.2 Å². The van der Waals surface area contributed by atoms with Crippen molar-refractivity contribution < 1.29 is 18.9 Å². The molecular formula is C18H24O4S. The van der Waals surface area contributed by atoms with Gasteiger partial charge in [0.15, 0.2) is 12.1 Å². The number of allylic oxidation sites excluding steroid dienone is 1. The van der Waals surface area contributed by atoms with Gasteiger partial charge in [-0.1, -0.05) is 36.0 Å². The number of benzene rings is 1. The highest BCUT2D eigenvalue weighted by Gasteiger charge is 2.55. The average Bonchev–Trinajstić information content (AvgIpc) is 2.99. The van der Waals surface area contributed by atoms with Gasteiger partial charge in [-0.25, -0.2) is 0 Å². The van der Waals surface area contributed by atoms with E-state index in [2.05, 4.69) is 37.3 Å². The number of methoxy groups -OCH3 is 1. The van der Waals surface area contributed by atoms with Crippen LogP contribution in [0.3, 0.4) is 0 Å². The Morgan fingerprint density at radius 1 is 1.22 bits per heavy atom. The Kier molecular flexibility index (Phi) is 5.13. The van der Waals surface area contributed by atoms with Crippen LogP contribution < -0.4 is 0 Å². The molecular weight excluding hydrogens is 312 g/mol. The van der Waals surface area contributed by atoms with E-state index in [4.69, 9.17) is 18.9 Å². The average molecular weight is 336 g/mol. The van der Waals surface area contributed by atoms with Gasteiger partial charge in [0.1, 0.15) is 12.2 Å². The highest BCUT2D eigenvalue weighted by Crippen LogP contribution is 2.40. The molecule has 0 saturated carbocycles.